The predicted octanol–water partition coefficient (Wildman–Crippen LogP) is 0.505. The van der Waals surface area contributed by atoms with Gasteiger partial charge >= 0.3 is 0 Å². The van der Waals surface area contributed by atoms with Crippen molar-refractivity contribution in [2.75, 3.05) is 11.5 Å². The normalized spacial score (nSPS) is 23.2. The third kappa shape index (κ3) is 2.27. The average Bonchev–Trinajstić information content (AvgIpc) is 2.72. The molecule has 1 N–H and O–H groups in total. The molecule has 1 saturated heterocycles. The maximum atomic E-state index is 11.7. The first-order chi connectivity index (χ1) is 7.48. The van der Waals surface area contributed by atoms with Crippen molar-refractivity contribution in [1.29, 1.82) is 0 Å². The summed E-state index contributed by atoms with van der Waals surface area (Å²) in [5.41, 5.74) is 0.462. The fourth-order valence-corrected chi connectivity index (χ4v) is 3.47. The summed E-state index contributed by atoms with van der Waals surface area (Å²) in [7, 11) is -2.96. The molecule has 0 aromatic carbocycles. The molecule has 0 bridgehead atoms. The van der Waals surface area contributed by atoms with Gasteiger partial charge in [-0.2, -0.15) is 0 Å². The number of carbonyl (C=O) groups excluding carboxylic acids is 1. The van der Waals surface area contributed by atoms with E-state index in [4.69, 9.17) is 4.42 Å². The van der Waals surface area contributed by atoms with E-state index in [2.05, 4.69) is 5.32 Å². The number of sulfone groups is 1. The summed E-state index contributed by atoms with van der Waals surface area (Å²) < 4.78 is 27.4. The van der Waals surface area contributed by atoms with Crippen LogP contribution in [0.3, 0.4) is 0 Å². The number of nitrogens with one attached hydrogen (secondary N) is 1. The lowest BCUT2D eigenvalue weighted by Gasteiger charge is -2.09. The molecule has 1 aliphatic rings. The third-order valence-corrected chi connectivity index (χ3v) is 4.44. The molecule has 88 valence electrons. The third-order valence-electron chi connectivity index (χ3n) is 2.67. The van der Waals surface area contributed by atoms with Crippen LogP contribution in [0.15, 0.2) is 16.7 Å². The highest BCUT2D eigenvalue weighted by atomic mass is 32.2. The minimum atomic E-state index is -2.96. The lowest BCUT2D eigenvalue weighted by atomic mass is 10.2. The minimum Gasteiger partial charge on any atom is -0.469 e. The standard InChI is InChI=1S/C10H13NO4S/c1-7-9(2-4-15-7)10(12)11-8-3-5-16(13,14)6-8/h2,4,8H,3,5-6H2,1H3,(H,11,12)/t8-/m1/s1. The fraction of sp³-hybridized carbons (Fsp3) is 0.500. The van der Waals surface area contributed by atoms with E-state index in [9.17, 15) is 13.2 Å². The molecule has 0 radical (unpaired) electrons. The van der Waals surface area contributed by atoms with Crippen molar-refractivity contribution >= 4 is 15.7 Å². The van der Waals surface area contributed by atoms with E-state index < -0.39 is 9.84 Å². The van der Waals surface area contributed by atoms with Gasteiger partial charge in [0.2, 0.25) is 0 Å². The topological polar surface area (TPSA) is 76.4 Å². The Bertz CT molecular complexity index is 503. The van der Waals surface area contributed by atoms with Crippen LogP contribution in [0.25, 0.3) is 0 Å². The molecule has 1 fully saturated rings. The van der Waals surface area contributed by atoms with Gasteiger partial charge in [0, 0.05) is 6.04 Å². The van der Waals surface area contributed by atoms with Crippen LogP contribution in [-0.2, 0) is 9.84 Å². The second-order valence-corrected chi connectivity index (χ2v) is 6.19. The Morgan fingerprint density at radius 2 is 2.31 bits per heavy atom. The zero-order valence-corrected chi connectivity index (χ0v) is 9.71. The van der Waals surface area contributed by atoms with Crippen LogP contribution in [0.2, 0.25) is 0 Å². The molecule has 1 aliphatic heterocycles. The first kappa shape index (κ1) is 11.2. The van der Waals surface area contributed by atoms with Crippen LogP contribution in [0.1, 0.15) is 22.5 Å². The molecule has 1 aromatic rings. The maximum Gasteiger partial charge on any atom is 0.255 e. The van der Waals surface area contributed by atoms with Gasteiger partial charge in [-0.05, 0) is 19.4 Å². The molecule has 1 amide bonds. The highest BCUT2D eigenvalue weighted by Crippen LogP contribution is 2.13. The van der Waals surface area contributed by atoms with E-state index in [0.29, 0.717) is 17.7 Å². The molecule has 1 aromatic heterocycles. The Morgan fingerprint density at radius 3 is 2.81 bits per heavy atom. The smallest absolute Gasteiger partial charge is 0.255 e. The van der Waals surface area contributed by atoms with E-state index >= 15 is 0 Å². The molecule has 6 heteroatoms. The summed E-state index contributed by atoms with van der Waals surface area (Å²) >= 11 is 0. The Labute approximate surface area is 93.7 Å². The van der Waals surface area contributed by atoms with Crippen molar-refractivity contribution in [2.24, 2.45) is 0 Å². The first-order valence-corrected chi connectivity index (χ1v) is 6.85. The Hall–Kier alpha value is -1.30. The zero-order chi connectivity index (χ0) is 11.8. The number of carbonyl (C=O) groups is 1. The zero-order valence-electron chi connectivity index (χ0n) is 8.89. The molecule has 1 atom stereocenters. The summed E-state index contributed by atoms with van der Waals surface area (Å²) in [6.45, 7) is 1.69. The van der Waals surface area contributed by atoms with Crippen LogP contribution in [0, 0.1) is 6.92 Å². The summed E-state index contributed by atoms with van der Waals surface area (Å²) in [6, 6.07) is 1.31. The first-order valence-electron chi connectivity index (χ1n) is 5.03. The highest BCUT2D eigenvalue weighted by Gasteiger charge is 2.29. The number of rotatable bonds is 2. The molecular weight excluding hydrogens is 230 g/mol. The number of amides is 1. The van der Waals surface area contributed by atoms with Gasteiger partial charge in [0.1, 0.15) is 5.76 Å². The lowest BCUT2D eigenvalue weighted by molar-refractivity contribution is 0.0939. The van der Waals surface area contributed by atoms with Crippen molar-refractivity contribution in [3.8, 4) is 0 Å². The van der Waals surface area contributed by atoms with E-state index in [1.165, 1.54) is 6.26 Å². The second-order valence-electron chi connectivity index (χ2n) is 3.96. The quantitative estimate of drug-likeness (QED) is 0.820. The fourth-order valence-electron chi connectivity index (χ4n) is 1.79. The Balaban J connectivity index is 2.02. The van der Waals surface area contributed by atoms with Crippen LogP contribution in [0.4, 0.5) is 0 Å². The summed E-state index contributed by atoms with van der Waals surface area (Å²) in [5.74, 6) is 0.463. The van der Waals surface area contributed by atoms with Crippen molar-refractivity contribution in [1.82, 2.24) is 5.32 Å². The second kappa shape index (κ2) is 3.93. The molecule has 16 heavy (non-hydrogen) atoms. The Morgan fingerprint density at radius 1 is 1.56 bits per heavy atom. The lowest BCUT2D eigenvalue weighted by Crippen LogP contribution is -2.35. The molecule has 0 aliphatic carbocycles. The summed E-state index contributed by atoms with van der Waals surface area (Å²) in [5, 5.41) is 2.70. The Kier molecular flexibility index (Phi) is 2.75. The van der Waals surface area contributed by atoms with Gasteiger partial charge in [-0.3, -0.25) is 4.79 Å². The predicted molar refractivity (Wildman–Crippen MR) is 58.0 cm³/mol. The van der Waals surface area contributed by atoms with Gasteiger partial charge < -0.3 is 9.73 Å². The monoisotopic (exact) mass is 243 g/mol. The van der Waals surface area contributed by atoms with Crippen molar-refractivity contribution in [3.05, 3.63) is 23.7 Å². The van der Waals surface area contributed by atoms with E-state index in [-0.39, 0.29) is 23.5 Å². The van der Waals surface area contributed by atoms with Crippen molar-refractivity contribution in [3.63, 3.8) is 0 Å². The van der Waals surface area contributed by atoms with Gasteiger partial charge in [0.05, 0.1) is 23.3 Å². The van der Waals surface area contributed by atoms with Crippen molar-refractivity contribution < 1.29 is 17.6 Å². The number of aryl methyl sites for hydroxylation is 1. The van der Waals surface area contributed by atoms with Crippen LogP contribution >= 0.6 is 0 Å². The molecule has 0 spiro atoms. The van der Waals surface area contributed by atoms with E-state index in [1.54, 1.807) is 13.0 Å². The average molecular weight is 243 g/mol. The minimum absolute atomic E-state index is 0.0373. The van der Waals surface area contributed by atoms with Crippen LogP contribution in [-0.4, -0.2) is 31.9 Å². The summed E-state index contributed by atoms with van der Waals surface area (Å²) in [6.07, 6.45) is 1.93. The van der Waals surface area contributed by atoms with E-state index in [0.717, 1.165) is 0 Å². The van der Waals surface area contributed by atoms with Crippen molar-refractivity contribution in [2.45, 2.75) is 19.4 Å². The highest BCUT2D eigenvalue weighted by molar-refractivity contribution is 7.91. The molecular formula is C10H13NO4S. The number of hydrogen-bond donors (Lipinski definition) is 1. The summed E-state index contributed by atoms with van der Waals surface area (Å²) in [4.78, 5) is 11.7. The molecule has 2 rings (SSSR count). The van der Waals surface area contributed by atoms with Gasteiger partial charge in [-0.1, -0.05) is 0 Å². The van der Waals surface area contributed by atoms with E-state index in [1.807, 2.05) is 0 Å². The molecule has 5 nitrogen and oxygen atoms in total. The van der Waals surface area contributed by atoms with Crippen LogP contribution in [0.5, 0.6) is 0 Å². The van der Waals surface area contributed by atoms with Gasteiger partial charge in [-0.15, -0.1) is 0 Å². The number of hydrogen-bond acceptors (Lipinski definition) is 4. The van der Waals surface area contributed by atoms with Crippen LogP contribution < -0.4 is 5.32 Å². The molecule has 0 unspecified atom stereocenters. The van der Waals surface area contributed by atoms with Gasteiger partial charge in [-0.25, -0.2) is 8.42 Å². The molecule has 0 saturated carbocycles. The number of furan rings is 1. The largest absolute Gasteiger partial charge is 0.469 e. The molecule has 2 heterocycles. The van der Waals surface area contributed by atoms with Gasteiger partial charge in [0.15, 0.2) is 9.84 Å². The SMILES string of the molecule is Cc1occc1C(=O)N[C@@H]1CCS(=O)(=O)C1. The maximum absolute atomic E-state index is 11.7. The van der Waals surface area contributed by atoms with Gasteiger partial charge in [0.25, 0.3) is 5.91 Å².